The Bertz CT molecular complexity index is 730. The Morgan fingerprint density at radius 3 is 2.82 bits per heavy atom. The maximum atomic E-state index is 4.56. The van der Waals surface area contributed by atoms with E-state index in [0.29, 0.717) is 0 Å². The number of aliphatic imine (C=N–C) groups is 1. The predicted molar refractivity (Wildman–Crippen MR) is 91.2 cm³/mol. The molecule has 0 fully saturated rings. The summed E-state index contributed by atoms with van der Waals surface area (Å²) in [5.41, 5.74) is 3.39. The summed E-state index contributed by atoms with van der Waals surface area (Å²) in [6, 6.07) is 8.34. The Morgan fingerprint density at radius 1 is 1.27 bits per heavy atom. The molecule has 0 saturated carbocycles. The summed E-state index contributed by atoms with van der Waals surface area (Å²) in [5.74, 6) is 2.13. The number of fused-ring (bicyclic) bond motifs is 2. The standard InChI is InChI=1S/C17H19N5/c1-4-21-11-13-9-14(10-18-17(13)19-21)22-12(2)20(3)15-7-5-6-8-16(15)22/h5-10,13H,2,4,11H2,1,3H3. The van der Waals surface area contributed by atoms with E-state index in [4.69, 9.17) is 0 Å². The second-order valence-electron chi connectivity index (χ2n) is 5.72. The molecule has 5 nitrogen and oxygen atoms in total. The van der Waals surface area contributed by atoms with Gasteiger partial charge in [-0.15, -0.1) is 0 Å². The first-order chi connectivity index (χ1) is 10.7. The molecule has 1 unspecified atom stereocenters. The quantitative estimate of drug-likeness (QED) is 0.841. The van der Waals surface area contributed by atoms with Crippen LogP contribution < -0.4 is 9.80 Å². The summed E-state index contributed by atoms with van der Waals surface area (Å²) in [7, 11) is 2.04. The summed E-state index contributed by atoms with van der Waals surface area (Å²) in [6.45, 7) is 8.17. The molecule has 3 aliphatic rings. The zero-order valence-electron chi connectivity index (χ0n) is 12.9. The van der Waals surface area contributed by atoms with Gasteiger partial charge in [-0.1, -0.05) is 18.7 Å². The van der Waals surface area contributed by atoms with Crippen LogP contribution in [0.4, 0.5) is 11.4 Å². The first-order valence-electron chi connectivity index (χ1n) is 7.60. The molecule has 1 aromatic rings. The average molecular weight is 293 g/mol. The van der Waals surface area contributed by atoms with Crippen molar-refractivity contribution in [1.82, 2.24) is 5.01 Å². The number of para-hydroxylation sites is 2. The van der Waals surface area contributed by atoms with Gasteiger partial charge in [-0.25, -0.2) is 4.99 Å². The Kier molecular flexibility index (Phi) is 2.82. The molecular weight excluding hydrogens is 274 g/mol. The number of benzene rings is 1. The molecule has 0 aromatic heterocycles. The number of hydrazone groups is 1. The molecule has 0 spiro atoms. The Morgan fingerprint density at radius 2 is 2.05 bits per heavy atom. The van der Waals surface area contributed by atoms with E-state index < -0.39 is 0 Å². The minimum atomic E-state index is 0.269. The largest absolute Gasteiger partial charge is 0.329 e. The minimum absolute atomic E-state index is 0.269. The van der Waals surface area contributed by atoms with Crippen LogP contribution in [0.25, 0.3) is 0 Å². The Balaban J connectivity index is 1.71. The highest BCUT2D eigenvalue weighted by Crippen LogP contribution is 2.42. The van der Waals surface area contributed by atoms with E-state index in [0.717, 1.165) is 36.1 Å². The van der Waals surface area contributed by atoms with E-state index in [1.807, 2.05) is 13.3 Å². The van der Waals surface area contributed by atoms with Gasteiger partial charge >= 0.3 is 0 Å². The highest BCUT2D eigenvalue weighted by Gasteiger charge is 2.33. The monoisotopic (exact) mass is 293 g/mol. The summed E-state index contributed by atoms with van der Waals surface area (Å²) in [4.78, 5) is 8.84. The molecule has 1 atom stereocenters. The third-order valence-corrected chi connectivity index (χ3v) is 4.44. The smallest absolute Gasteiger partial charge is 0.157 e. The molecule has 4 rings (SSSR count). The molecular formula is C17H19N5. The second kappa shape index (κ2) is 4.73. The van der Waals surface area contributed by atoms with Gasteiger partial charge in [-0.3, -0.25) is 9.91 Å². The lowest BCUT2D eigenvalue weighted by molar-refractivity contribution is 0.323. The van der Waals surface area contributed by atoms with Crippen LogP contribution in [0.15, 0.2) is 58.5 Å². The van der Waals surface area contributed by atoms with Crippen molar-refractivity contribution in [2.45, 2.75) is 6.92 Å². The van der Waals surface area contributed by atoms with Crippen molar-refractivity contribution in [2.75, 3.05) is 29.9 Å². The second-order valence-corrected chi connectivity index (χ2v) is 5.72. The summed E-state index contributed by atoms with van der Waals surface area (Å²) >= 11 is 0. The Labute approximate surface area is 130 Å². The van der Waals surface area contributed by atoms with Crippen molar-refractivity contribution < 1.29 is 0 Å². The van der Waals surface area contributed by atoms with Crippen molar-refractivity contribution in [3.8, 4) is 0 Å². The maximum absolute atomic E-state index is 4.56. The third kappa shape index (κ3) is 1.78. The molecule has 0 N–H and O–H groups in total. The molecule has 112 valence electrons. The van der Waals surface area contributed by atoms with Crippen LogP contribution >= 0.6 is 0 Å². The SMILES string of the molecule is C=C1N(C)c2ccccc2N1C1=CC2CN(CC)N=C2N=C1. The van der Waals surface area contributed by atoms with Crippen LogP contribution in [-0.4, -0.2) is 37.2 Å². The van der Waals surface area contributed by atoms with Gasteiger partial charge in [0.05, 0.1) is 29.2 Å². The van der Waals surface area contributed by atoms with Crippen molar-refractivity contribution in [1.29, 1.82) is 0 Å². The van der Waals surface area contributed by atoms with Gasteiger partial charge in [0.1, 0.15) is 5.82 Å². The number of nitrogens with zero attached hydrogens (tertiary/aromatic N) is 5. The van der Waals surface area contributed by atoms with Gasteiger partial charge in [-0.05, 0) is 25.1 Å². The fraction of sp³-hybridized carbons (Fsp3) is 0.294. The zero-order chi connectivity index (χ0) is 15.3. The minimum Gasteiger partial charge on any atom is -0.329 e. The third-order valence-electron chi connectivity index (χ3n) is 4.44. The molecule has 0 radical (unpaired) electrons. The number of anilines is 2. The fourth-order valence-corrected chi connectivity index (χ4v) is 3.18. The number of hydrogen-bond acceptors (Lipinski definition) is 5. The first kappa shape index (κ1) is 13.1. The highest BCUT2D eigenvalue weighted by molar-refractivity contribution is 6.04. The lowest BCUT2D eigenvalue weighted by atomic mass is 10.1. The molecule has 0 amide bonds. The van der Waals surface area contributed by atoms with Crippen molar-refractivity contribution in [3.05, 3.63) is 48.4 Å². The molecule has 22 heavy (non-hydrogen) atoms. The number of allylic oxidation sites excluding steroid dienone is 1. The van der Waals surface area contributed by atoms with E-state index in [1.54, 1.807) is 0 Å². The van der Waals surface area contributed by atoms with Gasteiger partial charge in [0.25, 0.3) is 0 Å². The van der Waals surface area contributed by atoms with Gasteiger partial charge in [0.2, 0.25) is 0 Å². The van der Waals surface area contributed by atoms with Crippen LogP contribution in [0.2, 0.25) is 0 Å². The summed E-state index contributed by atoms with van der Waals surface area (Å²) < 4.78 is 0. The maximum Gasteiger partial charge on any atom is 0.157 e. The number of amidine groups is 1. The Hall–Kier alpha value is -2.56. The number of dihydropyridines is 1. The van der Waals surface area contributed by atoms with Crippen molar-refractivity contribution in [3.63, 3.8) is 0 Å². The zero-order valence-corrected chi connectivity index (χ0v) is 12.9. The number of rotatable bonds is 2. The topological polar surface area (TPSA) is 34.4 Å². The lowest BCUT2D eigenvalue weighted by Gasteiger charge is -2.25. The average Bonchev–Trinajstić information content (AvgIpc) is 3.07. The molecule has 3 aliphatic heterocycles. The van der Waals surface area contributed by atoms with E-state index >= 15 is 0 Å². The van der Waals surface area contributed by atoms with Crippen LogP contribution in [0, 0.1) is 5.92 Å². The van der Waals surface area contributed by atoms with Gasteiger partial charge < -0.3 is 4.90 Å². The van der Waals surface area contributed by atoms with E-state index in [2.05, 4.69) is 68.7 Å². The van der Waals surface area contributed by atoms with Gasteiger partial charge in [0.15, 0.2) is 5.84 Å². The van der Waals surface area contributed by atoms with E-state index in [9.17, 15) is 0 Å². The molecule has 0 saturated heterocycles. The number of hydrogen-bond donors (Lipinski definition) is 0. The molecule has 0 bridgehead atoms. The van der Waals surface area contributed by atoms with Crippen LogP contribution in [0.1, 0.15) is 6.92 Å². The fourth-order valence-electron chi connectivity index (χ4n) is 3.18. The first-order valence-corrected chi connectivity index (χ1v) is 7.60. The van der Waals surface area contributed by atoms with Crippen molar-refractivity contribution in [2.24, 2.45) is 16.0 Å². The lowest BCUT2D eigenvalue weighted by Crippen LogP contribution is -2.28. The van der Waals surface area contributed by atoms with Gasteiger partial charge in [-0.2, -0.15) is 5.10 Å². The highest BCUT2D eigenvalue weighted by atomic mass is 15.5. The normalized spacial score (nSPS) is 22.7. The van der Waals surface area contributed by atoms with Crippen molar-refractivity contribution >= 4 is 23.4 Å². The van der Waals surface area contributed by atoms with Crippen LogP contribution in [0.5, 0.6) is 0 Å². The van der Waals surface area contributed by atoms with E-state index in [1.165, 1.54) is 5.69 Å². The van der Waals surface area contributed by atoms with E-state index in [-0.39, 0.29) is 5.92 Å². The molecule has 0 aliphatic carbocycles. The summed E-state index contributed by atoms with van der Waals surface area (Å²) in [6.07, 6.45) is 4.15. The van der Waals surface area contributed by atoms with Gasteiger partial charge in [0, 0.05) is 20.1 Å². The van der Waals surface area contributed by atoms with Crippen LogP contribution in [-0.2, 0) is 0 Å². The molecule has 5 heteroatoms. The van der Waals surface area contributed by atoms with Crippen LogP contribution in [0.3, 0.4) is 0 Å². The molecule has 3 heterocycles. The molecule has 1 aromatic carbocycles. The predicted octanol–water partition coefficient (Wildman–Crippen LogP) is 2.65. The summed E-state index contributed by atoms with van der Waals surface area (Å²) in [5, 5.41) is 6.59.